The summed E-state index contributed by atoms with van der Waals surface area (Å²) in [4.78, 5) is 0. The first-order valence-electron chi connectivity index (χ1n) is 12.1. The standard InChI is InChI=1S/C28H36F2O/c1-4-5-6-11-27-12-15-28(16-13-27,17-14-27)23-9-7-21(8-10-23)22-18-24(29)26(25(30)19-22)31-20(2)3/h7-10,18-20H,4-6,11-17H2,1-3H3. The Hall–Kier alpha value is -1.90. The molecule has 2 bridgehead atoms. The third-order valence-corrected chi connectivity index (χ3v) is 7.89. The fourth-order valence-electron chi connectivity index (χ4n) is 5.91. The second-order valence-electron chi connectivity index (χ2n) is 10.3. The smallest absolute Gasteiger partial charge is 0.191 e. The Labute approximate surface area is 186 Å². The number of hydrogen-bond donors (Lipinski definition) is 0. The van der Waals surface area contributed by atoms with Crippen LogP contribution in [-0.4, -0.2) is 6.10 Å². The van der Waals surface area contributed by atoms with Gasteiger partial charge in [-0.2, -0.15) is 0 Å². The summed E-state index contributed by atoms with van der Waals surface area (Å²) in [6.07, 6.45) is 13.1. The zero-order valence-electron chi connectivity index (χ0n) is 19.3. The molecule has 0 heterocycles. The van der Waals surface area contributed by atoms with Crippen LogP contribution >= 0.6 is 0 Å². The Bertz CT molecular complexity index is 852. The molecule has 3 fully saturated rings. The second-order valence-corrected chi connectivity index (χ2v) is 10.3. The molecule has 31 heavy (non-hydrogen) atoms. The summed E-state index contributed by atoms with van der Waals surface area (Å²) < 4.78 is 34.1. The van der Waals surface area contributed by atoms with Crippen molar-refractivity contribution < 1.29 is 13.5 Å². The SMILES string of the molecule is CCCCCC12CCC(c3ccc(-c4cc(F)c(OC(C)C)c(F)c4)cc3)(CC1)CC2. The zero-order chi connectivity index (χ0) is 22.1. The Morgan fingerprint density at radius 2 is 1.42 bits per heavy atom. The molecule has 168 valence electrons. The Kier molecular flexibility index (Phi) is 6.42. The van der Waals surface area contributed by atoms with Crippen LogP contribution in [0.4, 0.5) is 8.78 Å². The monoisotopic (exact) mass is 426 g/mol. The first-order chi connectivity index (χ1) is 14.9. The minimum Gasteiger partial charge on any atom is -0.485 e. The lowest BCUT2D eigenvalue weighted by molar-refractivity contribution is 0.0305. The summed E-state index contributed by atoms with van der Waals surface area (Å²) in [5.41, 5.74) is 3.70. The minimum absolute atomic E-state index is 0.273. The van der Waals surface area contributed by atoms with Crippen LogP contribution in [0.2, 0.25) is 0 Å². The molecule has 0 aliphatic heterocycles. The lowest BCUT2D eigenvalue weighted by Gasteiger charge is -2.54. The molecule has 0 unspecified atom stereocenters. The molecule has 0 spiro atoms. The highest BCUT2D eigenvalue weighted by Gasteiger charge is 2.48. The maximum Gasteiger partial charge on any atom is 0.191 e. The van der Waals surface area contributed by atoms with Crippen LogP contribution in [0.3, 0.4) is 0 Å². The van der Waals surface area contributed by atoms with E-state index < -0.39 is 11.6 Å². The molecule has 0 N–H and O–H groups in total. The number of benzene rings is 2. The van der Waals surface area contributed by atoms with E-state index in [1.54, 1.807) is 13.8 Å². The van der Waals surface area contributed by atoms with E-state index >= 15 is 0 Å². The van der Waals surface area contributed by atoms with Gasteiger partial charge in [-0.15, -0.1) is 0 Å². The van der Waals surface area contributed by atoms with Crippen LogP contribution in [0.5, 0.6) is 5.75 Å². The highest BCUT2D eigenvalue weighted by molar-refractivity contribution is 5.65. The highest BCUT2D eigenvalue weighted by Crippen LogP contribution is 2.59. The van der Waals surface area contributed by atoms with Gasteiger partial charge in [0, 0.05) is 0 Å². The van der Waals surface area contributed by atoms with Crippen molar-refractivity contribution in [2.45, 2.75) is 96.5 Å². The second kappa shape index (κ2) is 8.92. The van der Waals surface area contributed by atoms with E-state index in [4.69, 9.17) is 4.74 Å². The van der Waals surface area contributed by atoms with E-state index in [9.17, 15) is 8.78 Å². The van der Waals surface area contributed by atoms with Gasteiger partial charge in [-0.1, -0.05) is 50.5 Å². The van der Waals surface area contributed by atoms with Gasteiger partial charge < -0.3 is 4.74 Å². The Morgan fingerprint density at radius 3 is 1.94 bits per heavy atom. The summed E-state index contributed by atoms with van der Waals surface area (Å²) in [7, 11) is 0. The molecule has 0 saturated heterocycles. The Morgan fingerprint density at radius 1 is 0.839 bits per heavy atom. The van der Waals surface area contributed by atoms with Crippen LogP contribution < -0.4 is 4.74 Å². The van der Waals surface area contributed by atoms with Gasteiger partial charge in [0.2, 0.25) is 0 Å². The molecule has 2 aromatic rings. The molecular weight excluding hydrogens is 390 g/mol. The minimum atomic E-state index is -0.648. The van der Waals surface area contributed by atoms with Crippen LogP contribution in [0.25, 0.3) is 11.1 Å². The maximum atomic E-state index is 14.4. The van der Waals surface area contributed by atoms with Gasteiger partial charge in [0.25, 0.3) is 0 Å². The largest absolute Gasteiger partial charge is 0.485 e. The Balaban J connectivity index is 1.49. The molecule has 0 atom stereocenters. The van der Waals surface area contributed by atoms with Crippen molar-refractivity contribution in [2.75, 3.05) is 0 Å². The van der Waals surface area contributed by atoms with E-state index in [0.29, 0.717) is 16.4 Å². The van der Waals surface area contributed by atoms with Gasteiger partial charge in [-0.25, -0.2) is 8.78 Å². The quantitative estimate of drug-likeness (QED) is 0.384. The summed E-state index contributed by atoms with van der Waals surface area (Å²) in [5, 5.41) is 0. The van der Waals surface area contributed by atoms with Gasteiger partial charge in [-0.05, 0) is 98.4 Å². The number of ether oxygens (including phenoxy) is 1. The number of hydrogen-bond acceptors (Lipinski definition) is 1. The molecule has 3 saturated carbocycles. The lowest BCUT2D eigenvalue weighted by Crippen LogP contribution is -2.44. The summed E-state index contributed by atoms with van der Waals surface area (Å²) in [5.74, 6) is -1.59. The molecule has 3 aliphatic carbocycles. The molecule has 0 radical (unpaired) electrons. The molecule has 0 aromatic heterocycles. The molecule has 1 nitrogen and oxygen atoms in total. The number of rotatable bonds is 8. The number of unbranched alkanes of at least 4 members (excludes halogenated alkanes) is 2. The van der Waals surface area contributed by atoms with E-state index in [1.165, 1.54) is 81.9 Å². The van der Waals surface area contributed by atoms with Crippen molar-refractivity contribution in [3.05, 3.63) is 53.6 Å². The third kappa shape index (κ3) is 4.52. The summed E-state index contributed by atoms with van der Waals surface area (Å²) >= 11 is 0. The van der Waals surface area contributed by atoms with Crippen LogP contribution in [-0.2, 0) is 5.41 Å². The van der Waals surface area contributed by atoms with Gasteiger partial charge in [0.05, 0.1) is 6.10 Å². The highest BCUT2D eigenvalue weighted by atomic mass is 19.1. The van der Waals surface area contributed by atoms with Crippen molar-refractivity contribution >= 4 is 0 Å². The third-order valence-electron chi connectivity index (χ3n) is 7.89. The molecule has 0 amide bonds. The van der Waals surface area contributed by atoms with E-state index in [1.807, 2.05) is 12.1 Å². The fourth-order valence-corrected chi connectivity index (χ4v) is 5.91. The predicted molar refractivity (Wildman–Crippen MR) is 124 cm³/mol. The topological polar surface area (TPSA) is 9.23 Å². The molecule has 3 heteroatoms. The molecule has 5 rings (SSSR count). The normalized spacial score (nSPS) is 25.2. The van der Waals surface area contributed by atoms with Crippen molar-refractivity contribution in [2.24, 2.45) is 5.41 Å². The first kappa shape index (κ1) is 22.3. The number of halogens is 2. The van der Waals surface area contributed by atoms with Crippen molar-refractivity contribution in [3.8, 4) is 16.9 Å². The van der Waals surface area contributed by atoms with Gasteiger partial charge in [-0.3, -0.25) is 0 Å². The van der Waals surface area contributed by atoms with Crippen LogP contribution in [0.15, 0.2) is 36.4 Å². The van der Waals surface area contributed by atoms with Gasteiger partial charge >= 0.3 is 0 Å². The lowest BCUT2D eigenvalue weighted by atomic mass is 9.51. The summed E-state index contributed by atoms with van der Waals surface area (Å²) in [6.45, 7) is 5.80. The number of fused-ring (bicyclic) bond motifs is 3. The maximum absolute atomic E-state index is 14.4. The van der Waals surface area contributed by atoms with E-state index in [2.05, 4.69) is 19.1 Å². The first-order valence-corrected chi connectivity index (χ1v) is 12.1. The van der Waals surface area contributed by atoms with Crippen molar-refractivity contribution in [1.29, 1.82) is 0 Å². The van der Waals surface area contributed by atoms with Crippen LogP contribution in [0, 0.1) is 17.0 Å². The van der Waals surface area contributed by atoms with Gasteiger partial charge in [0.15, 0.2) is 17.4 Å². The van der Waals surface area contributed by atoms with E-state index in [-0.39, 0.29) is 11.9 Å². The average Bonchev–Trinajstić information content (AvgIpc) is 2.77. The molecule has 3 aliphatic rings. The van der Waals surface area contributed by atoms with Gasteiger partial charge in [0.1, 0.15) is 0 Å². The van der Waals surface area contributed by atoms with Crippen molar-refractivity contribution in [3.63, 3.8) is 0 Å². The summed E-state index contributed by atoms with van der Waals surface area (Å²) in [6, 6.07) is 11.2. The van der Waals surface area contributed by atoms with E-state index in [0.717, 1.165) is 5.56 Å². The average molecular weight is 427 g/mol. The van der Waals surface area contributed by atoms with Crippen molar-refractivity contribution in [1.82, 2.24) is 0 Å². The fraction of sp³-hybridized carbons (Fsp3) is 0.571. The zero-order valence-corrected chi connectivity index (χ0v) is 19.3. The molecular formula is C28H36F2O. The predicted octanol–water partition coefficient (Wildman–Crippen LogP) is 8.59. The molecule has 2 aromatic carbocycles. The van der Waals surface area contributed by atoms with Crippen LogP contribution in [0.1, 0.15) is 90.5 Å².